The van der Waals surface area contributed by atoms with Crippen molar-refractivity contribution >= 4 is 35.0 Å². The van der Waals surface area contributed by atoms with Gasteiger partial charge in [0.05, 0.1) is 22.9 Å². The topological polar surface area (TPSA) is 79.3 Å². The fourth-order valence-electron chi connectivity index (χ4n) is 1.93. The number of carboxylic acid groups (broad SMARTS) is 1. The van der Waals surface area contributed by atoms with Crippen LogP contribution in [-0.4, -0.2) is 40.0 Å². The van der Waals surface area contributed by atoms with E-state index >= 15 is 0 Å². The van der Waals surface area contributed by atoms with E-state index in [4.69, 9.17) is 5.11 Å². The van der Waals surface area contributed by atoms with Gasteiger partial charge in [-0.1, -0.05) is 30.3 Å². The maximum Gasteiger partial charge on any atom is 0.313 e. The van der Waals surface area contributed by atoms with Crippen molar-refractivity contribution in [2.75, 3.05) is 18.1 Å². The fourth-order valence-corrected chi connectivity index (χ4v) is 3.32. The summed E-state index contributed by atoms with van der Waals surface area (Å²) >= 11 is 2.85. The summed E-state index contributed by atoms with van der Waals surface area (Å²) in [4.78, 5) is 26.6. The first-order valence-corrected chi connectivity index (χ1v) is 9.20. The van der Waals surface area contributed by atoms with Crippen LogP contribution in [0.5, 0.6) is 0 Å². The fraction of sp³-hybridized carbons (Fsp3) is 0.312. The standard InChI is InChI=1S/C16H18N2O3S2/c19-14(17-6-7-22-11-16(20)21)9-13-10-23-15(18-13)8-12-4-2-1-3-5-12/h1-5,10H,6-9,11H2,(H,17,19)(H,20,21). The molecule has 1 aromatic heterocycles. The monoisotopic (exact) mass is 350 g/mol. The van der Waals surface area contributed by atoms with E-state index in [9.17, 15) is 9.59 Å². The number of carbonyl (C=O) groups is 2. The van der Waals surface area contributed by atoms with Crippen LogP contribution < -0.4 is 5.32 Å². The molecule has 0 radical (unpaired) electrons. The number of nitrogens with zero attached hydrogens (tertiary/aromatic N) is 1. The molecule has 0 aliphatic heterocycles. The average Bonchev–Trinajstić information content (AvgIpc) is 2.94. The molecule has 1 heterocycles. The Morgan fingerprint density at radius 1 is 1.26 bits per heavy atom. The van der Waals surface area contributed by atoms with Crippen molar-refractivity contribution in [1.29, 1.82) is 0 Å². The lowest BCUT2D eigenvalue weighted by Crippen LogP contribution is -2.27. The van der Waals surface area contributed by atoms with Gasteiger partial charge in [0.2, 0.25) is 5.91 Å². The molecule has 1 aromatic carbocycles. The number of rotatable bonds is 9. The van der Waals surface area contributed by atoms with Gasteiger partial charge in [0.1, 0.15) is 0 Å². The van der Waals surface area contributed by atoms with E-state index in [2.05, 4.69) is 22.4 Å². The number of carbonyl (C=O) groups excluding carboxylic acids is 1. The Hall–Kier alpha value is -1.86. The van der Waals surface area contributed by atoms with Gasteiger partial charge in [-0.15, -0.1) is 23.1 Å². The molecule has 0 fully saturated rings. The lowest BCUT2D eigenvalue weighted by Gasteiger charge is -2.03. The van der Waals surface area contributed by atoms with E-state index in [1.165, 1.54) is 17.3 Å². The number of hydrogen-bond donors (Lipinski definition) is 2. The summed E-state index contributed by atoms with van der Waals surface area (Å²) in [6.45, 7) is 0.470. The number of benzene rings is 1. The Balaban J connectivity index is 1.71. The molecule has 5 nitrogen and oxygen atoms in total. The zero-order chi connectivity index (χ0) is 16.5. The minimum Gasteiger partial charge on any atom is -0.481 e. The first kappa shape index (κ1) is 17.5. The van der Waals surface area contributed by atoms with Crippen molar-refractivity contribution in [2.45, 2.75) is 12.8 Å². The zero-order valence-electron chi connectivity index (χ0n) is 12.5. The van der Waals surface area contributed by atoms with Crippen molar-refractivity contribution in [3.05, 3.63) is 52.0 Å². The maximum atomic E-state index is 11.8. The molecule has 2 aromatic rings. The first-order chi connectivity index (χ1) is 11.1. The molecule has 7 heteroatoms. The predicted octanol–water partition coefficient (Wildman–Crippen LogP) is 2.21. The first-order valence-electron chi connectivity index (χ1n) is 7.17. The molecular weight excluding hydrogens is 332 g/mol. The molecule has 0 atom stereocenters. The second-order valence-corrected chi connectivity index (χ2v) is 6.92. The van der Waals surface area contributed by atoms with Gasteiger partial charge in [-0.3, -0.25) is 9.59 Å². The highest BCUT2D eigenvalue weighted by Gasteiger charge is 2.08. The average molecular weight is 350 g/mol. The molecule has 0 saturated carbocycles. The van der Waals surface area contributed by atoms with Crippen molar-refractivity contribution in [3.8, 4) is 0 Å². The molecular formula is C16H18N2O3S2. The van der Waals surface area contributed by atoms with E-state index in [1.807, 2.05) is 23.6 Å². The summed E-state index contributed by atoms with van der Waals surface area (Å²) in [6, 6.07) is 10.1. The highest BCUT2D eigenvalue weighted by Crippen LogP contribution is 2.15. The molecule has 23 heavy (non-hydrogen) atoms. The van der Waals surface area contributed by atoms with Gasteiger partial charge in [-0.25, -0.2) is 4.98 Å². The zero-order valence-corrected chi connectivity index (χ0v) is 14.2. The van der Waals surface area contributed by atoms with Crippen molar-refractivity contribution < 1.29 is 14.7 Å². The summed E-state index contributed by atoms with van der Waals surface area (Å²) in [5.41, 5.74) is 1.98. The SMILES string of the molecule is O=C(O)CSCCNC(=O)Cc1csc(Cc2ccccc2)n1. The van der Waals surface area contributed by atoms with Crippen molar-refractivity contribution in [3.63, 3.8) is 0 Å². The van der Waals surface area contributed by atoms with Crippen LogP contribution in [0.25, 0.3) is 0 Å². The second-order valence-electron chi connectivity index (χ2n) is 4.87. The smallest absolute Gasteiger partial charge is 0.313 e. The number of aromatic nitrogens is 1. The number of thioether (sulfide) groups is 1. The molecule has 0 aliphatic carbocycles. The van der Waals surface area contributed by atoms with E-state index in [0.717, 1.165) is 17.1 Å². The Kier molecular flexibility index (Phi) is 7.09. The summed E-state index contributed by atoms with van der Waals surface area (Å²) in [7, 11) is 0. The van der Waals surface area contributed by atoms with Gasteiger partial charge in [0.25, 0.3) is 0 Å². The quantitative estimate of drug-likeness (QED) is 0.678. The molecule has 0 saturated heterocycles. The molecule has 2 N–H and O–H groups in total. The maximum absolute atomic E-state index is 11.8. The normalized spacial score (nSPS) is 10.4. The van der Waals surface area contributed by atoms with Crippen LogP contribution in [0.1, 0.15) is 16.3 Å². The second kappa shape index (κ2) is 9.32. The lowest BCUT2D eigenvalue weighted by molar-refractivity contribution is -0.133. The number of hydrogen-bond acceptors (Lipinski definition) is 5. The van der Waals surface area contributed by atoms with Gasteiger partial charge in [0.15, 0.2) is 0 Å². The van der Waals surface area contributed by atoms with Gasteiger partial charge in [-0.05, 0) is 5.56 Å². The number of nitrogens with one attached hydrogen (secondary N) is 1. The van der Waals surface area contributed by atoms with Crippen LogP contribution in [-0.2, 0) is 22.4 Å². The van der Waals surface area contributed by atoms with Gasteiger partial charge >= 0.3 is 5.97 Å². The Morgan fingerprint density at radius 3 is 2.78 bits per heavy atom. The van der Waals surface area contributed by atoms with Crippen LogP contribution in [0, 0.1) is 0 Å². The van der Waals surface area contributed by atoms with Crippen LogP contribution in [0.2, 0.25) is 0 Å². The van der Waals surface area contributed by atoms with E-state index in [0.29, 0.717) is 12.3 Å². The highest BCUT2D eigenvalue weighted by atomic mass is 32.2. The summed E-state index contributed by atoms with van der Waals surface area (Å²) in [5, 5.41) is 14.2. The number of carboxylic acids is 1. The molecule has 2 rings (SSSR count). The third-order valence-corrected chi connectivity index (χ3v) is 4.77. The lowest BCUT2D eigenvalue weighted by atomic mass is 10.2. The highest BCUT2D eigenvalue weighted by molar-refractivity contribution is 7.99. The van der Waals surface area contributed by atoms with Crippen LogP contribution in [0.15, 0.2) is 35.7 Å². The van der Waals surface area contributed by atoms with Crippen LogP contribution in [0.3, 0.4) is 0 Å². The molecule has 1 amide bonds. The largest absolute Gasteiger partial charge is 0.481 e. The predicted molar refractivity (Wildman–Crippen MR) is 93.0 cm³/mol. The third-order valence-electron chi connectivity index (χ3n) is 2.93. The van der Waals surface area contributed by atoms with Crippen LogP contribution >= 0.6 is 23.1 Å². The minimum atomic E-state index is -0.838. The van der Waals surface area contributed by atoms with Gasteiger partial charge in [0, 0.05) is 24.1 Å². The summed E-state index contributed by atoms with van der Waals surface area (Å²) < 4.78 is 0. The Labute approximate surface area is 143 Å². The summed E-state index contributed by atoms with van der Waals surface area (Å²) in [5.74, 6) is -0.272. The minimum absolute atomic E-state index is 0.0603. The third kappa shape index (κ3) is 6.83. The van der Waals surface area contributed by atoms with Crippen LogP contribution in [0.4, 0.5) is 0 Å². The van der Waals surface area contributed by atoms with Crippen molar-refractivity contribution in [2.24, 2.45) is 0 Å². The number of amides is 1. The summed E-state index contributed by atoms with van der Waals surface area (Å²) in [6.07, 6.45) is 1.04. The number of thiazole rings is 1. The van der Waals surface area contributed by atoms with Gasteiger partial charge < -0.3 is 10.4 Å². The Morgan fingerprint density at radius 2 is 2.04 bits per heavy atom. The van der Waals surface area contributed by atoms with Gasteiger partial charge in [-0.2, -0.15) is 0 Å². The molecule has 0 spiro atoms. The Bertz CT molecular complexity index is 644. The molecule has 0 aliphatic rings. The molecule has 122 valence electrons. The van der Waals surface area contributed by atoms with E-state index in [-0.39, 0.29) is 18.1 Å². The van der Waals surface area contributed by atoms with Crippen molar-refractivity contribution in [1.82, 2.24) is 10.3 Å². The van der Waals surface area contributed by atoms with E-state index in [1.54, 1.807) is 11.3 Å². The molecule has 0 unspecified atom stereocenters. The molecule has 0 bridgehead atoms. The van der Waals surface area contributed by atoms with E-state index < -0.39 is 5.97 Å². The number of aliphatic carboxylic acids is 1.